The van der Waals surface area contributed by atoms with Crippen molar-refractivity contribution in [3.05, 3.63) is 56.3 Å². The highest BCUT2D eigenvalue weighted by Gasteiger charge is 2.20. The molecule has 1 N–H and O–H groups in total. The fourth-order valence-corrected chi connectivity index (χ4v) is 3.68. The number of amides is 1. The number of nitro benzene ring substituents is 1. The Morgan fingerprint density at radius 1 is 1.29 bits per heavy atom. The van der Waals surface area contributed by atoms with Crippen LogP contribution in [-0.4, -0.2) is 28.8 Å². The molecule has 0 spiro atoms. The van der Waals surface area contributed by atoms with E-state index in [1.54, 1.807) is 23.5 Å². The van der Waals surface area contributed by atoms with Crippen LogP contribution in [0, 0.1) is 10.1 Å². The van der Waals surface area contributed by atoms with Gasteiger partial charge < -0.3 is 10.2 Å². The first-order chi connectivity index (χ1) is 11.6. The lowest BCUT2D eigenvalue weighted by Crippen LogP contribution is -2.35. The maximum atomic E-state index is 12.3. The third-order valence-electron chi connectivity index (χ3n) is 4.14. The summed E-state index contributed by atoms with van der Waals surface area (Å²) in [6.45, 7) is 2.21. The van der Waals surface area contributed by atoms with Crippen molar-refractivity contribution >= 4 is 28.6 Å². The Morgan fingerprint density at radius 3 is 2.83 bits per heavy atom. The number of non-ortho nitro benzene ring substituents is 1. The van der Waals surface area contributed by atoms with Crippen LogP contribution in [-0.2, 0) is 17.8 Å². The van der Waals surface area contributed by atoms with Crippen molar-refractivity contribution in [2.75, 3.05) is 18.4 Å². The van der Waals surface area contributed by atoms with E-state index in [4.69, 9.17) is 0 Å². The van der Waals surface area contributed by atoms with Gasteiger partial charge in [-0.15, -0.1) is 11.3 Å². The van der Waals surface area contributed by atoms with E-state index in [0.29, 0.717) is 13.0 Å². The van der Waals surface area contributed by atoms with Gasteiger partial charge in [0.05, 0.1) is 4.92 Å². The number of benzene rings is 1. The number of nitrogens with one attached hydrogen (secondary N) is 1. The number of nitrogens with zero attached hydrogens (tertiary/aromatic N) is 2. The molecule has 6 nitrogen and oxygen atoms in total. The second kappa shape index (κ2) is 7.44. The molecule has 3 rings (SSSR count). The smallest absolute Gasteiger partial charge is 0.269 e. The fraction of sp³-hybridized carbons (Fsp3) is 0.353. The molecule has 1 amide bonds. The van der Waals surface area contributed by atoms with Crippen molar-refractivity contribution in [2.45, 2.75) is 25.8 Å². The second-order valence-electron chi connectivity index (χ2n) is 5.77. The normalized spacial score (nSPS) is 13.4. The van der Waals surface area contributed by atoms with Crippen molar-refractivity contribution in [3.8, 4) is 0 Å². The summed E-state index contributed by atoms with van der Waals surface area (Å²) in [6.07, 6.45) is 2.21. The predicted octanol–water partition coefficient (Wildman–Crippen LogP) is 3.43. The molecule has 0 saturated heterocycles. The van der Waals surface area contributed by atoms with Gasteiger partial charge in [-0.1, -0.05) is 0 Å². The molecule has 0 aliphatic carbocycles. The van der Waals surface area contributed by atoms with Crippen molar-refractivity contribution in [2.24, 2.45) is 0 Å². The monoisotopic (exact) mass is 345 g/mol. The van der Waals surface area contributed by atoms with E-state index in [9.17, 15) is 14.9 Å². The first kappa shape index (κ1) is 16.4. The van der Waals surface area contributed by atoms with Crippen LogP contribution < -0.4 is 5.32 Å². The second-order valence-corrected chi connectivity index (χ2v) is 6.77. The largest absolute Gasteiger partial charge is 0.385 e. The van der Waals surface area contributed by atoms with Gasteiger partial charge in [0.15, 0.2) is 0 Å². The molecular formula is C17H19N3O3S. The van der Waals surface area contributed by atoms with Crippen LogP contribution in [0.25, 0.3) is 0 Å². The topological polar surface area (TPSA) is 75.5 Å². The van der Waals surface area contributed by atoms with E-state index < -0.39 is 4.92 Å². The Balaban J connectivity index is 1.40. The fourth-order valence-electron chi connectivity index (χ4n) is 2.79. The molecule has 2 heterocycles. The van der Waals surface area contributed by atoms with E-state index in [0.717, 1.165) is 31.6 Å². The summed E-state index contributed by atoms with van der Waals surface area (Å²) in [5.41, 5.74) is 2.19. The van der Waals surface area contributed by atoms with Crippen molar-refractivity contribution < 1.29 is 9.72 Å². The minimum atomic E-state index is -0.417. The number of carbonyl (C=O) groups is 1. The molecule has 0 fully saturated rings. The summed E-state index contributed by atoms with van der Waals surface area (Å²) < 4.78 is 0. The summed E-state index contributed by atoms with van der Waals surface area (Å²) in [5, 5.41) is 15.9. The van der Waals surface area contributed by atoms with Crippen LogP contribution in [0.3, 0.4) is 0 Å². The summed E-state index contributed by atoms with van der Waals surface area (Å²) in [6, 6.07) is 8.42. The standard InChI is InChI=1S/C17H19N3O3S/c21-17(19-10-7-16-13(12-19)8-11-24-16)2-1-9-18-14-3-5-15(6-4-14)20(22)23/h3-6,8,11,18H,1-2,7,9-10,12H2. The minimum absolute atomic E-state index is 0.0774. The van der Waals surface area contributed by atoms with Crippen molar-refractivity contribution in [3.63, 3.8) is 0 Å². The average Bonchev–Trinajstić information content (AvgIpc) is 3.06. The Kier molecular flexibility index (Phi) is 5.10. The molecule has 0 atom stereocenters. The van der Waals surface area contributed by atoms with Crippen molar-refractivity contribution in [1.29, 1.82) is 0 Å². The average molecular weight is 345 g/mol. The third-order valence-corrected chi connectivity index (χ3v) is 5.16. The van der Waals surface area contributed by atoms with Gasteiger partial charge in [-0.3, -0.25) is 14.9 Å². The third kappa shape index (κ3) is 3.91. The lowest BCUT2D eigenvalue weighted by molar-refractivity contribution is -0.384. The zero-order valence-corrected chi connectivity index (χ0v) is 14.1. The number of hydrogen-bond donors (Lipinski definition) is 1. The van der Waals surface area contributed by atoms with Gasteiger partial charge in [0.2, 0.25) is 5.91 Å². The van der Waals surface area contributed by atoms with E-state index in [1.807, 2.05) is 4.90 Å². The lowest BCUT2D eigenvalue weighted by atomic mass is 10.1. The summed E-state index contributed by atoms with van der Waals surface area (Å²) in [7, 11) is 0. The highest BCUT2D eigenvalue weighted by atomic mass is 32.1. The Hall–Kier alpha value is -2.41. The lowest BCUT2D eigenvalue weighted by Gasteiger charge is -2.27. The molecule has 2 aromatic rings. The Morgan fingerprint density at radius 2 is 2.08 bits per heavy atom. The zero-order chi connectivity index (χ0) is 16.9. The van der Waals surface area contributed by atoms with E-state index in [-0.39, 0.29) is 11.6 Å². The number of carbonyl (C=O) groups excluding carboxylic acids is 1. The first-order valence-corrected chi connectivity index (χ1v) is 8.83. The Bertz CT molecular complexity index is 727. The van der Waals surface area contributed by atoms with Crippen LogP contribution in [0.15, 0.2) is 35.7 Å². The molecule has 0 radical (unpaired) electrons. The number of thiophene rings is 1. The number of nitro groups is 1. The Labute approximate surface area is 144 Å². The molecule has 1 aliphatic rings. The number of fused-ring (bicyclic) bond motifs is 1. The summed E-state index contributed by atoms with van der Waals surface area (Å²) in [4.78, 5) is 25.8. The molecular weight excluding hydrogens is 326 g/mol. The van der Waals surface area contributed by atoms with Gasteiger partial charge in [-0.05, 0) is 42.0 Å². The number of hydrogen-bond acceptors (Lipinski definition) is 5. The van der Waals surface area contributed by atoms with Gasteiger partial charge in [-0.2, -0.15) is 0 Å². The molecule has 0 bridgehead atoms. The highest BCUT2D eigenvalue weighted by Crippen LogP contribution is 2.24. The highest BCUT2D eigenvalue weighted by molar-refractivity contribution is 7.10. The van der Waals surface area contributed by atoms with Crippen LogP contribution in [0.4, 0.5) is 11.4 Å². The number of anilines is 1. The van der Waals surface area contributed by atoms with Crippen LogP contribution in [0.5, 0.6) is 0 Å². The SMILES string of the molecule is O=C(CCCNc1ccc([N+](=O)[O-])cc1)N1CCc2sccc2C1. The summed E-state index contributed by atoms with van der Waals surface area (Å²) in [5.74, 6) is 0.192. The minimum Gasteiger partial charge on any atom is -0.385 e. The zero-order valence-electron chi connectivity index (χ0n) is 13.2. The van der Waals surface area contributed by atoms with E-state index in [2.05, 4.69) is 16.8 Å². The molecule has 24 heavy (non-hydrogen) atoms. The van der Waals surface area contributed by atoms with Crippen molar-refractivity contribution in [1.82, 2.24) is 4.90 Å². The van der Waals surface area contributed by atoms with Gasteiger partial charge in [-0.25, -0.2) is 0 Å². The van der Waals surface area contributed by atoms with E-state index >= 15 is 0 Å². The van der Waals surface area contributed by atoms with Gasteiger partial charge in [0.1, 0.15) is 0 Å². The van der Waals surface area contributed by atoms with Gasteiger partial charge in [0, 0.05) is 48.8 Å². The maximum Gasteiger partial charge on any atom is 0.269 e. The molecule has 7 heteroatoms. The van der Waals surface area contributed by atoms with Crippen LogP contribution >= 0.6 is 11.3 Å². The summed E-state index contributed by atoms with van der Waals surface area (Å²) >= 11 is 1.77. The molecule has 126 valence electrons. The molecule has 1 aliphatic heterocycles. The van der Waals surface area contributed by atoms with Crippen LogP contribution in [0.1, 0.15) is 23.3 Å². The van der Waals surface area contributed by atoms with Gasteiger partial charge in [0.25, 0.3) is 5.69 Å². The quantitative estimate of drug-likeness (QED) is 0.494. The van der Waals surface area contributed by atoms with E-state index in [1.165, 1.54) is 22.6 Å². The molecule has 1 aromatic heterocycles. The number of rotatable bonds is 6. The van der Waals surface area contributed by atoms with Gasteiger partial charge >= 0.3 is 0 Å². The maximum absolute atomic E-state index is 12.3. The molecule has 1 aromatic carbocycles. The van der Waals surface area contributed by atoms with Crippen LogP contribution in [0.2, 0.25) is 0 Å². The molecule has 0 unspecified atom stereocenters. The predicted molar refractivity (Wildman–Crippen MR) is 94.3 cm³/mol. The first-order valence-electron chi connectivity index (χ1n) is 7.95. The molecule has 0 saturated carbocycles.